The molecule has 0 saturated carbocycles. The number of hydrogen-bond donors (Lipinski definition) is 0. The van der Waals surface area contributed by atoms with Crippen LogP contribution < -0.4 is 51.4 Å². The maximum absolute atomic E-state index is 12.1. The van der Waals surface area contributed by atoms with Crippen molar-refractivity contribution in [3.63, 3.8) is 0 Å². The van der Waals surface area contributed by atoms with Gasteiger partial charge in [-0.05, 0) is 18.7 Å². The van der Waals surface area contributed by atoms with Crippen LogP contribution in [0.2, 0.25) is 0 Å². The first-order chi connectivity index (χ1) is 6.41. The van der Waals surface area contributed by atoms with Crippen molar-refractivity contribution in [2.45, 2.75) is 11.8 Å². The van der Waals surface area contributed by atoms with Gasteiger partial charge in [-0.1, -0.05) is 0 Å². The summed E-state index contributed by atoms with van der Waals surface area (Å²) < 4.78 is 41.3. The van der Waals surface area contributed by atoms with Gasteiger partial charge in [0.2, 0.25) is 0 Å². The van der Waals surface area contributed by atoms with Gasteiger partial charge >= 0.3 is 58.4 Å². The van der Waals surface area contributed by atoms with Gasteiger partial charge in [0.15, 0.2) is 0 Å². The van der Waals surface area contributed by atoms with Gasteiger partial charge in [0.1, 0.15) is 5.76 Å². The number of hydrogen-bond acceptors (Lipinski definition) is 2. The molecule has 0 fully saturated rings. The van der Waals surface area contributed by atoms with Gasteiger partial charge in [0, 0.05) is 4.90 Å². The number of thioether (sulfide) groups is 1. The first-order valence-corrected chi connectivity index (χ1v) is 4.94. The molecule has 7 heteroatoms. The maximum atomic E-state index is 12.1. The molecule has 1 rings (SSSR count). The molecule has 1 aromatic rings. The Bertz CT molecular complexity index is 337. The van der Waals surface area contributed by atoms with Crippen LogP contribution in [0.5, 0.6) is 0 Å². The second-order valence-electron chi connectivity index (χ2n) is 2.86. The minimum atomic E-state index is -4.91. The summed E-state index contributed by atoms with van der Waals surface area (Å²) in [5.41, 5.74) is -0.671. The molecule has 15 heavy (non-hydrogen) atoms. The van der Waals surface area contributed by atoms with Gasteiger partial charge in [-0.15, -0.1) is 23.8 Å². The summed E-state index contributed by atoms with van der Waals surface area (Å²) in [6, 6.07) is 1.65. The second kappa shape index (κ2) is 6.56. The summed E-state index contributed by atoms with van der Waals surface area (Å²) >= 11 is 1.09. The molecule has 0 N–H and O–H groups in total. The van der Waals surface area contributed by atoms with Crippen molar-refractivity contribution in [2.75, 3.05) is 5.75 Å². The minimum absolute atomic E-state index is 0. The topological polar surface area (TPSA) is 13.1 Å². The van der Waals surface area contributed by atoms with Crippen LogP contribution in [0.15, 0.2) is 33.7 Å². The Kier molecular flexibility index (Phi) is 6.94. The molecule has 1 nitrogen and oxygen atoms in total. The average Bonchev–Trinajstić information content (AvgIpc) is 2.45. The summed E-state index contributed by atoms with van der Waals surface area (Å²) in [7, 11) is 0. The largest absolute Gasteiger partial charge is 1.00 e. The average molecular weight is 260 g/mol. The Morgan fingerprint density at radius 3 is 2.53 bits per heavy atom. The van der Waals surface area contributed by atoms with E-state index in [1.807, 2.05) is 0 Å². The molecule has 0 aliphatic carbocycles. The van der Waals surface area contributed by atoms with Gasteiger partial charge in [-0.25, -0.2) is 0 Å². The predicted octanol–water partition coefficient (Wildman–Crippen LogP) is 0.627. The standard InChI is InChI=1S/C8H9BF3OS.K/c1-6(9(10,11)12)5-14-8-3-4-13-7(8)2;/h3-4H,1,5H2,2H3;/q-1;+1. The fourth-order valence-corrected chi connectivity index (χ4v) is 1.72. The molecule has 1 aromatic heterocycles. The molecular formula is C8H9BF3KOS. The number of furan rings is 1. The Morgan fingerprint density at radius 1 is 1.53 bits per heavy atom. The van der Waals surface area contributed by atoms with Crippen LogP contribution in [0.4, 0.5) is 12.9 Å². The molecule has 0 amide bonds. The van der Waals surface area contributed by atoms with Gasteiger partial charge in [-0.3, -0.25) is 0 Å². The van der Waals surface area contributed by atoms with Gasteiger partial charge in [0.05, 0.1) is 6.26 Å². The molecule has 0 aliphatic rings. The molecule has 0 bridgehead atoms. The van der Waals surface area contributed by atoms with Crippen molar-refractivity contribution in [3.8, 4) is 0 Å². The third-order valence-corrected chi connectivity index (χ3v) is 2.94. The normalized spacial score (nSPS) is 10.9. The van der Waals surface area contributed by atoms with Crippen molar-refractivity contribution >= 4 is 18.7 Å². The summed E-state index contributed by atoms with van der Waals surface area (Å²) in [4.78, 5) is 0.728. The van der Waals surface area contributed by atoms with Crippen molar-refractivity contribution in [2.24, 2.45) is 0 Å². The van der Waals surface area contributed by atoms with Crippen LogP contribution >= 0.6 is 11.8 Å². The van der Waals surface area contributed by atoms with E-state index in [1.165, 1.54) is 6.26 Å². The third kappa shape index (κ3) is 5.14. The number of rotatable bonds is 4. The van der Waals surface area contributed by atoms with Crippen LogP contribution in [0.25, 0.3) is 0 Å². The minimum Gasteiger partial charge on any atom is -0.468 e. The van der Waals surface area contributed by atoms with Crippen molar-refractivity contribution < 1.29 is 68.7 Å². The zero-order valence-corrected chi connectivity index (χ0v) is 12.5. The summed E-state index contributed by atoms with van der Waals surface area (Å²) in [5, 5.41) is 0. The van der Waals surface area contributed by atoms with E-state index in [2.05, 4.69) is 6.58 Å². The molecule has 0 spiro atoms. The fourth-order valence-electron chi connectivity index (χ4n) is 0.788. The van der Waals surface area contributed by atoms with E-state index in [0.29, 0.717) is 5.76 Å². The molecule has 0 saturated heterocycles. The van der Waals surface area contributed by atoms with Crippen molar-refractivity contribution in [1.82, 2.24) is 0 Å². The Hall–Kier alpha value is 0.861. The van der Waals surface area contributed by atoms with Gasteiger partial charge in [0.25, 0.3) is 0 Å². The molecule has 0 atom stereocenters. The molecule has 0 aromatic carbocycles. The Morgan fingerprint density at radius 2 is 2.13 bits per heavy atom. The quantitative estimate of drug-likeness (QED) is 0.582. The van der Waals surface area contributed by atoms with Crippen LogP contribution in [0.3, 0.4) is 0 Å². The smallest absolute Gasteiger partial charge is 0.468 e. The molecule has 0 radical (unpaired) electrons. The zero-order valence-electron chi connectivity index (χ0n) is 8.60. The fraction of sp³-hybridized carbons (Fsp3) is 0.250. The Labute approximate surface area is 133 Å². The molecule has 78 valence electrons. The first-order valence-electron chi connectivity index (χ1n) is 3.96. The van der Waals surface area contributed by atoms with Gasteiger partial charge in [-0.2, -0.15) is 0 Å². The molecule has 0 unspecified atom stereocenters. The van der Waals surface area contributed by atoms with E-state index in [0.717, 1.165) is 16.7 Å². The van der Waals surface area contributed by atoms with Gasteiger partial charge < -0.3 is 17.4 Å². The van der Waals surface area contributed by atoms with E-state index in [4.69, 9.17) is 4.42 Å². The first kappa shape index (κ1) is 15.9. The van der Waals surface area contributed by atoms with Crippen molar-refractivity contribution in [1.29, 1.82) is 0 Å². The second-order valence-corrected chi connectivity index (χ2v) is 3.88. The summed E-state index contributed by atoms with van der Waals surface area (Å²) in [5.74, 6) is 0.502. The third-order valence-electron chi connectivity index (χ3n) is 1.69. The SMILES string of the molecule is C=C(CSc1ccoc1C)[B-](F)(F)F.[K+]. The van der Waals surface area contributed by atoms with E-state index >= 15 is 0 Å². The van der Waals surface area contributed by atoms with Crippen LogP contribution in [-0.2, 0) is 0 Å². The zero-order chi connectivity index (χ0) is 10.8. The van der Waals surface area contributed by atoms with Crippen molar-refractivity contribution in [3.05, 3.63) is 30.1 Å². The summed E-state index contributed by atoms with van der Waals surface area (Å²) in [6.45, 7) is -0.193. The Balaban J connectivity index is 0.00000196. The van der Waals surface area contributed by atoms with Crippen LogP contribution in [0.1, 0.15) is 5.76 Å². The molecule has 1 heterocycles. The van der Waals surface area contributed by atoms with E-state index < -0.39 is 12.4 Å². The van der Waals surface area contributed by atoms with E-state index in [9.17, 15) is 12.9 Å². The van der Waals surface area contributed by atoms with Crippen LogP contribution in [-0.4, -0.2) is 12.7 Å². The number of aryl methyl sites for hydroxylation is 1. The monoisotopic (exact) mass is 260 g/mol. The molecular weight excluding hydrogens is 251 g/mol. The van der Waals surface area contributed by atoms with E-state index in [-0.39, 0.29) is 57.1 Å². The predicted molar refractivity (Wildman–Crippen MR) is 52.4 cm³/mol. The number of halogens is 3. The van der Waals surface area contributed by atoms with E-state index in [1.54, 1.807) is 13.0 Å². The molecule has 0 aliphatic heterocycles. The maximum Gasteiger partial charge on any atom is 1.00 e. The summed E-state index contributed by atoms with van der Waals surface area (Å²) in [6.07, 6.45) is 1.46. The van der Waals surface area contributed by atoms with Crippen LogP contribution in [0, 0.1) is 6.92 Å².